The molecule has 0 fully saturated rings. The summed E-state index contributed by atoms with van der Waals surface area (Å²) in [6, 6.07) is 10.3. The third kappa shape index (κ3) is 10.0. The van der Waals surface area contributed by atoms with Gasteiger partial charge in [0.15, 0.2) is 5.96 Å². The second-order valence-corrected chi connectivity index (χ2v) is 7.86. The van der Waals surface area contributed by atoms with Gasteiger partial charge in [0.2, 0.25) is 10.0 Å². The van der Waals surface area contributed by atoms with E-state index in [0.29, 0.717) is 19.5 Å². The molecule has 0 aliphatic rings. The zero-order valence-corrected chi connectivity index (χ0v) is 18.5. The van der Waals surface area contributed by atoms with Crippen molar-refractivity contribution < 1.29 is 8.42 Å². The quantitative estimate of drug-likeness (QED) is 0.232. The highest BCUT2D eigenvalue weighted by atomic mass is 127. The van der Waals surface area contributed by atoms with Gasteiger partial charge >= 0.3 is 0 Å². The lowest BCUT2D eigenvalue weighted by Gasteiger charge is -2.15. The Labute approximate surface area is 169 Å². The van der Waals surface area contributed by atoms with Crippen molar-refractivity contribution in [3.8, 4) is 0 Å². The normalized spacial score (nSPS) is 11.9. The number of hydrogen-bond donors (Lipinski definition) is 2. The molecule has 1 rings (SSSR count). The fourth-order valence-electron chi connectivity index (χ4n) is 2.16. The summed E-state index contributed by atoms with van der Waals surface area (Å²) >= 11 is 0. The average molecular weight is 482 g/mol. The molecule has 1 aromatic carbocycles. The predicted octanol–water partition coefficient (Wildman–Crippen LogP) is 2.07. The molecule has 0 atom stereocenters. The van der Waals surface area contributed by atoms with Gasteiger partial charge in [0.05, 0.1) is 5.75 Å². The van der Waals surface area contributed by atoms with E-state index in [0.717, 1.165) is 25.5 Å². The molecular weight excluding hydrogens is 451 g/mol. The van der Waals surface area contributed by atoms with Gasteiger partial charge in [0, 0.05) is 33.2 Å². The number of nitrogens with one attached hydrogen (secondary N) is 2. The lowest BCUT2D eigenvalue weighted by atomic mass is 10.1. The van der Waals surface area contributed by atoms with E-state index in [2.05, 4.69) is 27.8 Å². The summed E-state index contributed by atoms with van der Waals surface area (Å²) < 4.78 is 24.7. The molecule has 0 aromatic heterocycles. The molecule has 144 valence electrons. The summed E-state index contributed by atoms with van der Waals surface area (Å²) in [7, 11) is -1.48. The Morgan fingerprint density at radius 2 is 1.84 bits per heavy atom. The number of sulfonamides is 1. The lowest BCUT2D eigenvalue weighted by Crippen LogP contribution is -2.38. The highest BCUT2D eigenvalue weighted by molar-refractivity contribution is 14.0. The fraction of sp³-hybridized carbons (Fsp3) is 0.588. The van der Waals surface area contributed by atoms with Gasteiger partial charge in [-0.25, -0.2) is 12.7 Å². The van der Waals surface area contributed by atoms with Crippen LogP contribution in [0.3, 0.4) is 0 Å². The van der Waals surface area contributed by atoms with E-state index < -0.39 is 10.0 Å². The first kappa shape index (κ1) is 24.1. The molecule has 6 nitrogen and oxygen atoms in total. The van der Waals surface area contributed by atoms with Gasteiger partial charge in [0.1, 0.15) is 0 Å². The zero-order chi connectivity index (χ0) is 17.8. The summed E-state index contributed by atoms with van der Waals surface area (Å²) in [4.78, 5) is 4.50. The van der Waals surface area contributed by atoms with Crippen molar-refractivity contribution in [3.63, 3.8) is 0 Å². The number of halogens is 1. The minimum absolute atomic E-state index is 0. The smallest absolute Gasteiger partial charge is 0.213 e. The first-order chi connectivity index (χ1) is 11.5. The van der Waals surface area contributed by atoms with E-state index >= 15 is 0 Å². The highest BCUT2D eigenvalue weighted by Gasteiger charge is 2.13. The van der Waals surface area contributed by atoms with Crippen molar-refractivity contribution in [2.45, 2.75) is 26.7 Å². The van der Waals surface area contributed by atoms with Crippen molar-refractivity contribution in [2.75, 3.05) is 39.0 Å². The van der Waals surface area contributed by atoms with E-state index in [4.69, 9.17) is 0 Å². The van der Waals surface area contributed by atoms with Gasteiger partial charge in [-0.3, -0.25) is 4.99 Å². The van der Waals surface area contributed by atoms with Gasteiger partial charge in [0.25, 0.3) is 0 Å². The predicted molar refractivity (Wildman–Crippen MR) is 116 cm³/mol. The maximum atomic E-state index is 11.7. The minimum atomic E-state index is -3.10. The maximum absolute atomic E-state index is 11.7. The van der Waals surface area contributed by atoms with Gasteiger partial charge in [-0.15, -0.1) is 24.0 Å². The molecule has 0 radical (unpaired) electrons. The Kier molecular flexibility index (Phi) is 12.9. The first-order valence-corrected chi connectivity index (χ1v) is 10.1. The van der Waals surface area contributed by atoms with Crippen LogP contribution in [0.1, 0.15) is 25.8 Å². The largest absolute Gasteiger partial charge is 0.357 e. The molecule has 1 aromatic rings. The average Bonchev–Trinajstić information content (AvgIpc) is 2.59. The fourth-order valence-corrected chi connectivity index (χ4v) is 3.00. The second kappa shape index (κ2) is 13.3. The number of aliphatic imine (C=N–C) groups is 1. The number of benzene rings is 1. The standard InChI is InChI=1S/C17H30N4O2S.HI/c1-4-18-17(20-14-12-16-10-7-6-8-11-16)19-13-9-15-21(3)24(22,23)5-2;/h6-8,10-11H,4-5,9,12-15H2,1-3H3,(H2,18,19,20);1H. The summed E-state index contributed by atoms with van der Waals surface area (Å²) in [5.74, 6) is 0.908. The van der Waals surface area contributed by atoms with Gasteiger partial charge in [-0.05, 0) is 32.3 Å². The molecule has 0 aliphatic carbocycles. The molecule has 0 saturated carbocycles. The topological polar surface area (TPSA) is 73.8 Å². The molecular formula is C17H31IN4O2S. The van der Waals surface area contributed by atoms with E-state index in [9.17, 15) is 8.42 Å². The number of nitrogens with zero attached hydrogens (tertiary/aromatic N) is 2. The van der Waals surface area contributed by atoms with E-state index in [1.165, 1.54) is 9.87 Å². The van der Waals surface area contributed by atoms with Crippen LogP contribution in [-0.4, -0.2) is 57.7 Å². The first-order valence-electron chi connectivity index (χ1n) is 8.49. The monoisotopic (exact) mass is 482 g/mol. The minimum Gasteiger partial charge on any atom is -0.357 e. The molecule has 8 heteroatoms. The highest BCUT2D eigenvalue weighted by Crippen LogP contribution is 1.99. The van der Waals surface area contributed by atoms with E-state index in [1.807, 2.05) is 25.1 Å². The second-order valence-electron chi connectivity index (χ2n) is 5.50. The van der Waals surface area contributed by atoms with Crippen molar-refractivity contribution in [2.24, 2.45) is 4.99 Å². The Balaban J connectivity index is 0.00000576. The van der Waals surface area contributed by atoms with Crippen LogP contribution in [0.15, 0.2) is 35.3 Å². The number of guanidine groups is 1. The molecule has 0 amide bonds. The van der Waals surface area contributed by atoms with Crippen LogP contribution >= 0.6 is 24.0 Å². The van der Waals surface area contributed by atoms with Crippen LogP contribution in [0.25, 0.3) is 0 Å². The van der Waals surface area contributed by atoms with Crippen LogP contribution in [0.2, 0.25) is 0 Å². The summed E-state index contributed by atoms with van der Waals surface area (Å²) in [5.41, 5.74) is 1.28. The van der Waals surface area contributed by atoms with Crippen molar-refractivity contribution >= 4 is 40.0 Å². The van der Waals surface area contributed by atoms with Crippen molar-refractivity contribution in [3.05, 3.63) is 35.9 Å². The van der Waals surface area contributed by atoms with Crippen LogP contribution in [0.4, 0.5) is 0 Å². The Bertz CT molecular complexity index is 594. The van der Waals surface area contributed by atoms with E-state index in [1.54, 1.807) is 14.0 Å². The third-order valence-corrected chi connectivity index (χ3v) is 5.50. The van der Waals surface area contributed by atoms with Crippen LogP contribution in [-0.2, 0) is 16.4 Å². The Morgan fingerprint density at radius 3 is 2.44 bits per heavy atom. The third-order valence-electron chi connectivity index (χ3n) is 3.63. The van der Waals surface area contributed by atoms with Gasteiger partial charge in [-0.1, -0.05) is 30.3 Å². The molecule has 0 heterocycles. The number of rotatable bonds is 10. The Hall–Kier alpha value is -0.870. The summed E-state index contributed by atoms with van der Waals surface area (Å²) in [6.07, 6.45) is 1.63. The van der Waals surface area contributed by atoms with Gasteiger partial charge in [-0.2, -0.15) is 0 Å². The SMILES string of the molecule is CCNC(=NCCCN(C)S(=O)(=O)CC)NCCc1ccccc1.I. The molecule has 0 bridgehead atoms. The van der Waals surface area contributed by atoms with Crippen LogP contribution in [0, 0.1) is 0 Å². The van der Waals surface area contributed by atoms with Crippen LogP contribution in [0.5, 0.6) is 0 Å². The summed E-state index contributed by atoms with van der Waals surface area (Å²) in [6.45, 7) is 6.36. The molecule has 2 N–H and O–H groups in total. The van der Waals surface area contributed by atoms with Gasteiger partial charge < -0.3 is 10.6 Å². The zero-order valence-electron chi connectivity index (χ0n) is 15.4. The van der Waals surface area contributed by atoms with E-state index in [-0.39, 0.29) is 29.7 Å². The molecule has 0 saturated heterocycles. The molecule has 0 spiro atoms. The Morgan fingerprint density at radius 1 is 1.16 bits per heavy atom. The lowest BCUT2D eigenvalue weighted by molar-refractivity contribution is 0.465. The number of hydrogen-bond acceptors (Lipinski definition) is 3. The molecule has 25 heavy (non-hydrogen) atoms. The maximum Gasteiger partial charge on any atom is 0.213 e. The van der Waals surface area contributed by atoms with Crippen molar-refractivity contribution in [1.29, 1.82) is 0 Å². The molecule has 0 unspecified atom stereocenters. The van der Waals surface area contributed by atoms with Crippen LogP contribution < -0.4 is 10.6 Å². The van der Waals surface area contributed by atoms with Crippen molar-refractivity contribution in [1.82, 2.24) is 14.9 Å². The summed E-state index contributed by atoms with van der Waals surface area (Å²) in [5, 5.41) is 6.51. The molecule has 0 aliphatic heterocycles.